The molecular weight excluding hydrogens is 452 g/mol. The highest BCUT2D eigenvalue weighted by atomic mass is 16.2. The molecule has 1 unspecified atom stereocenters. The number of rotatable bonds is 13. The normalized spacial score (nSPS) is 15.8. The van der Waals surface area contributed by atoms with Crippen molar-refractivity contribution in [2.24, 2.45) is 5.92 Å². The highest BCUT2D eigenvalue weighted by molar-refractivity contribution is 5.78. The second-order valence-corrected chi connectivity index (χ2v) is 9.45. The van der Waals surface area contributed by atoms with E-state index in [9.17, 15) is 4.79 Å². The van der Waals surface area contributed by atoms with Gasteiger partial charge in [-0.1, -0.05) is 50.1 Å². The summed E-state index contributed by atoms with van der Waals surface area (Å²) >= 11 is 0. The molecular formula is C27H38N8O. The first-order valence-corrected chi connectivity index (χ1v) is 13.0. The van der Waals surface area contributed by atoms with Crippen molar-refractivity contribution < 1.29 is 4.79 Å². The Labute approximate surface area is 214 Å². The van der Waals surface area contributed by atoms with Crippen LogP contribution in [0.15, 0.2) is 49.0 Å². The SMILES string of the molecule is CC(CCCCC/C=C\C=C/CC#N)CN1CCCN(C(=O)Cc2ccc(-n3cnnn3)nc2)CC1. The van der Waals surface area contributed by atoms with Gasteiger partial charge in [0.15, 0.2) is 5.82 Å². The summed E-state index contributed by atoms with van der Waals surface area (Å²) in [5.74, 6) is 1.46. The Morgan fingerprint density at radius 2 is 2.03 bits per heavy atom. The molecule has 1 fully saturated rings. The summed E-state index contributed by atoms with van der Waals surface area (Å²) in [4.78, 5) is 21.8. The van der Waals surface area contributed by atoms with E-state index in [1.165, 1.54) is 36.7 Å². The number of aromatic nitrogens is 5. The molecule has 0 spiro atoms. The number of nitriles is 1. The first-order valence-electron chi connectivity index (χ1n) is 13.0. The third-order valence-corrected chi connectivity index (χ3v) is 6.42. The van der Waals surface area contributed by atoms with Crippen molar-refractivity contribution in [1.82, 2.24) is 35.0 Å². The third-order valence-electron chi connectivity index (χ3n) is 6.42. The Bertz CT molecular complexity index is 994. The van der Waals surface area contributed by atoms with Gasteiger partial charge in [0.05, 0.1) is 18.9 Å². The van der Waals surface area contributed by atoms with Crippen molar-refractivity contribution in [3.05, 3.63) is 54.5 Å². The average molecular weight is 491 g/mol. The molecule has 9 heteroatoms. The minimum absolute atomic E-state index is 0.163. The maximum Gasteiger partial charge on any atom is 0.227 e. The van der Waals surface area contributed by atoms with Gasteiger partial charge in [0.25, 0.3) is 0 Å². The summed E-state index contributed by atoms with van der Waals surface area (Å²) < 4.78 is 1.49. The van der Waals surface area contributed by atoms with Gasteiger partial charge in [-0.25, -0.2) is 4.98 Å². The van der Waals surface area contributed by atoms with Crippen LogP contribution in [0.5, 0.6) is 0 Å². The highest BCUT2D eigenvalue weighted by Crippen LogP contribution is 2.15. The fraction of sp³-hybridized carbons (Fsp3) is 0.556. The Kier molecular flexibility index (Phi) is 11.8. The fourth-order valence-electron chi connectivity index (χ4n) is 4.45. The predicted molar refractivity (Wildman–Crippen MR) is 139 cm³/mol. The number of carbonyl (C=O) groups excluding carboxylic acids is 1. The van der Waals surface area contributed by atoms with Gasteiger partial charge in [0.2, 0.25) is 5.91 Å². The van der Waals surface area contributed by atoms with Crippen molar-refractivity contribution in [2.75, 3.05) is 32.7 Å². The van der Waals surface area contributed by atoms with E-state index >= 15 is 0 Å². The number of amides is 1. The standard InChI is InChI=1S/C27H38N8O/c1-24(12-9-7-5-3-2-4-6-8-10-15-28)22-33-16-11-17-34(19-18-33)27(36)20-25-13-14-26(29-21-25)35-23-30-31-32-35/h2,4,6,8,13-14,21,23-24H,3,5,7,9-12,16-20,22H2,1H3/b4-2-,8-6-. The molecule has 3 rings (SSSR count). The zero-order valence-electron chi connectivity index (χ0n) is 21.4. The predicted octanol–water partition coefficient (Wildman–Crippen LogP) is 3.75. The largest absolute Gasteiger partial charge is 0.341 e. The molecule has 36 heavy (non-hydrogen) atoms. The molecule has 2 aromatic heterocycles. The van der Waals surface area contributed by atoms with E-state index in [0.717, 1.165) is 51.1 Å². The van der Waals surface area contributed by atoms with Crippen molar-refractivity contribution in [2.45, 2.75) is 58.3 Å². The maximum atomic E-state index is 12.9. The van der Waals surface area contributed by atoms with Crippen molar-refractivity contribution in [1.29, 1.82) is 5.26 Å². The molecule has 3 heterocycles. The van der Waals surface area contributed by atoms with E-state index in [4.69, 9.17) is 5.26 Å². The number of tetrazole rings is 1. The number of allylic oxidation sites excluding steroid dienone is 4. The maximum absolute atomic E-state index is 12.9. The molecule has 0 bridgehead atoms. The minimum Gasteiger partial charge on any atom is -0.341 e. The molecule has 1 amide bonds. The van der Waals surface area contributed by atoms with Crippen LogP contribution < -0.4 is 0 Å². The molecule has 0 radical (unpaired) electrons. The number of nitrogens with zero attached hydrogens (tertiary/aromatic N) is 8. The average Bonchev–Trinajstić information content (AvgIpc) is 3.32. The zero-order chi connectivity index (χ0) is 25.4. The van der Waals surface area contributed by atoms with Gasteiger partial charge in [0.1, 0.15) is 6.33 Å². The lowest BCUT2D eigenvalue weighted by atomic mass is 10.0. The van der Waals surface area contributed by atoms with E-state index in [1.807, 2.05) is 35.3 Å². The van der Waals surface area contributed by atoms with Crippen LogP contribution in [-0.2, 0) is 11.2 Å². The quantitative estimate of drug-likeness (QED) is 0.311. The number of unbranched alkanes of at least 4 members (excludes halogenated alkanes) is 3. The summed E-state index contributed by atoms with van der Waals surface area (Å²) in [5.41, 5.74) is 0.900. The molecule has 0 N–H and O–H groups in total. The van der Waals surface area contributed by atoms with E-state index < -0.39 is 0 Å². The monoisotopic (exact) mass is 490 g/mol. The van der Waals surface area contributed by atoms with E-state index in [0.29, 0.717) is 24.6 Å². The number of carbonyl (C=O) groups is 1. The molecule has 2 aromatic rings. The summed E-state index contributed by atoms with van der Waals surface area (Å²) in [6.45, 7) is 7.06. The second kappa shape index (κ2) is 15.6. The lowest BCUT2D eigenvalue weighted by Gasteiger charge is -2.24. The highest BCUT2D eigenvalue weighted by Gasteiger charge is 2.20. The lowest BCUT2D eigenvalue weighted by molar-refractivity contribution is -0.130. The van der Waals surface area contributed by atoms with Gasteiger partial charge >= 0.3 is 0 Å². The van der Waals surface area contributed by atoms with Crippen LogP contribution in [0.1, 0.15) is 57.4 Å². The number of hydrogen-bond acceptors (Lipinski definition) is 7. The molecule has 0 aliphatic carbocycles. The van der Waals surface area contributed by atoms with Crippen LogP contribution in [0.2, 0.25) is 0 Å². The van der Waals surface area contributed by atoms with Gasteiger partial charge < -0.3 is 9.80 Å². The Morgan fingerprint density at radius 1 is 1.14 bits per heavy atom. The second-order valence-electron chi connectivity index (χ2n) is 9.45. The first-order chi connectivity index (χ1) is 17.7. The van der Waals surface area contributed by atoms with Gasteiger partial charge in [-0.05, 0) is 60.2 Å². The van der Waals surface area contributed by atoms with Crippen molar-refractivity contribution in [3.63, 3.8) is 0 Å². The molecule has 1 saturated heterocycles. The Balaban J connectivity index is 1.30. The smallest absolute Gasteiger partial charge is 0.227 e. The molecule has 0 saturated carbocycles. The topological polar surface area (TPSA) is 104 Å². The number of hydrogen-bond donors (Lipinski definition) is 0. The minimum atomic E-state index is 0.163. The van der Waals surface area contributed by atoms with Crippen LogP contribution >= 0.6 is 0 Å². The van der Waals surface area contributed by atoms with E-state index in [-0.39, 0.29) is 5.91 Å². The molecule has 192 valence electrons. The van der Waals surface area contributed by atoms with Crippen molar-refractivity contribution in [3.8, 4) is 11.9 Å². The van der Waals surface area contributed by atoms with Crippen LogP contribution in [0, 0.1) is 17.2 Å². The third kappa shape index (κ3) is 9.70. The molecule has 9 nitrogen and oxygen atoms in total. The summed E-state index contributed by atoms with van der Waals surface area (Å²) in [6, 6.07) is 5.85. The summed E-state index contributed by atoms with van der Waals surface area (Å²) in [6.07, 6.45) is 19.2. The van der Waals surface area contributed by atoms with Gasteiger partial charge in [-0.2, -0.15) is 9.94 Å². The zero-order valence-corrected chi connectivity index (χ0v) is 21.4. The van der Waals surface area contributed by atoms with Crippen LogP contribution in [0.3, 0.4) is 0 Å². The number of pyridine rings is 1. The van der Waals surface area contributed by atoms with E-state index in [2.05, 4.69) is 44.5 Å². The van der Waals surface area contributed by atoms with Crippen LogP contribution in [0.4, 0.5) is 0 Å². The Hall–Kier alpha value is -3.38. The van der Waals surface area contributed by atoms with Crippen LogP contribution in [-0.4, -0.2) is 73.6 Å². The Morgan fingerprint density at radius 3 is 2.81 bits per heavy atom. The van der Waals surface area contributed by atoms with Gasteiger partial charge in [-0.3, -0.25) is 4.79 Å². The van der Waals surface area contributed by atoms with Crippen LogP contribution in [0.25, 0.3) is 5.82 Å². The van der Waals surface area contributed by atoms with Gasteiger partial charge in [0, 0.05) is 32.4 Å². The molecule has 1 atom stereocenters. The van der Waals surface area contributed by atoms with Crippen molar-refractivity contribution >= 4 is 5.91 Å². The fourth-order valence-corrected chi connectivity index (χ4v) is 4.45. The molecule has 1 aliphatic heterocycles. The van der Waals surface area contributed by atoms with E-state index in [1.54, 1.807) is 6.20 Å². The summed E-state index contributed by atoms with van der Waals surface area (Å²) in [7, 11) is 0. The lowest BCUT2D eigenvalue weighted by Crippen LogP contribution is -2.37. The van der Waals surface area contributed by atoms with Gasteiger partial charge in [-0.15, -0.1) is 5.10 Å². The molecule has 0 aromatic carbocycles. The first kappa shape index (κ1) is 27.2. The summed E-state index contributed by atoms with van der Waals surface area (Å²) in [5, 5.41) is 19.6. The molecule has 1 aliphatic rings.